The van der Waals surface area contributed by atoms with Gasteiger partial charge in [0, 0.05) is 6.42 Å². The predicted octanol–water partition coefficient (Wildman–Crippen LogP) is 3.32. The molecule has 0 fully saturated rings. The highest BCUT2D eigenvalue weighted by Gasteiger charge is 2.16. The first kappa shape index (κ1) is 16.9. The van der Waals surface area contributed by atoms with E-state index >= 15 is 0 Å². The average Bonchev–Trinajstić information content (AvgIpc) is 2.24. The second kappa shape index (κ2) is 11.0. The Hall–Kier alpha value is -0.120. The van der Waals surface area contributed by atoms with Gasteiger partial charge in [0.05, 0.1) is 0 Å². The van der Waals surface area contributed by atoms with E-state index < -0.39 is 5.97 Å². The average molecular weight is 246 g/mol. The molecular formula is C14H30O3. The van der Waals surface area contributed by atoms with Crippen LogP contribution in [0.4, 0.5) is 0 Å². The molecule has 0 radical (unpaired) electrons. The van der Waals surface area contributed by atoms with Crippen LogP contribution in [-0.2, 0) is 0 Å². The lowest BCUT2D eigenvalue weighted by Crippen LogP contribution is -2.26. The van der Waals surface area contributed by atoms with Crippen LogP contribution in [0.2, 0.25) is 0 Å². The Morgan fingerprint density at radius 1 is 0.588 bits per heavy atom. The van der Waals surface area contributed by atoms with E-state index in [1.54, 1.807) is 0 Å². The molecule has 17 heavy (non-hydrogen) atoms. The lowest BCUT2D eigenvalue weighted by molar-refractivity contribution is -0.315. The minimum absolute atomic E-state index is 0.0595. The minimum atomic E-state index is -2.46. The standard InChI is InChI=1S/C14H30O3/c1-2-3-4-5-6-7-8-9-10-11-12-13-14(15,16)17/h15-17H,2-13H2,1H3. The predicted molar refractivity (Wildman–Crippen MR) is 70.5 cm³/mol. The van der Waals surface area contributed by atoms with Gasteiger partial charge in [-0.05, 0) is 6.42 Å². The molecule has 0 aromatic rings. The maximum absolute atomic E-state index is 8.67. The van der Waals surface area contributed by atoms with E-state index in [1.807, 2.05) is 0 Å². The van der Waals surface area contributed by atoms with Gasteiger partial charge in [-0.15, -0.1) is 0 Å². The van der Waals surface area contributed by atoms with Gasteiger partial charge in [-0.25, -0.2) is 0 Å². The van der Waals surface area contributed by atoms with Gasteiger partial charge in [-0.2, -0.15) is 0 Å². The molecule has 0 aliphatic heterocycles. The second-order valence-corrected chi connectivity index (χ2v) is 5.06. The van der Waals surface area contributed by atoms with Crippen LogP contribution in [0.1, 0.15) is 84.0 Å². The summed E-state index contributed by atoms with van der Waals surface area (Å²) in [5.74, 6) is -2.46. The topological polar surface area (TPSA) is 60.7 Å². The summed E-state index contributed by atoms with van der Waals surface area (Å²) >= 11 is 0. The first-order chi connectivity index (χ1) is 8.06. The maximum atomic E-state index is 8.67. The molecule has 0 saturated heterocycles. The van der Waals surface area contributed by atoms with Crippen LogP contribution in [0, 0.1) is 0 Å². The van der Waals surface area contributed by atoms with Gasteiger partial charge in [-0.3, -0.25) is 0 Å². The van der Waals surface area contributed by atoms with Gasteiger partial charge < -0.3 is 15.3 Å². The van der Waals surface area contributed by atoms with Crippen molar-refractivity contribution in [2.75, 3.05) is 0 Å². The van der Waals surface area contributed by atoms with E-state index in [0.29, 0.717) is 6.42 Å². The molecule has 0 saturated carbocycles. The van der Waals surface area contributed by atoms with Crippen molar-refractivity contribution in [1.82, 2.24) is 0 Å². The maximum Gasteiger partial charge on any atom is 0.275 e. The third-order valence-corrected chi connectivity index (χ3v) is 3.12. The summed E-state index contributed by atoms with van der Waals surface area (Å²) in [5.41, 5.74) is 0. The zero-order chi connectivity index (χ0) is 13.0. The molecule has 0 aliphatic carbocycles. The number of hydrogen-bond acceptors (Lipinski definition) is 3. The molecule has 0 aromatic heterocycles. The Balaban J connectivity index is 2.99. The van der Waals surface area contributed by atoms with Gasteiger partial charge in [0.25, 0.3) is 5.97 Å². The fraction of sp³-hybridized carbons (Fsp3) is 1.00. The van der Waals surface area contributed by atoms with Crippen LogP contribution >= 0.6 is 0 Å². The summed E-state index contributed by atoms with van der Waals surface area (Å²) in [4.78, 5) is 0. The molecule has 0 unspecified atom stereocenters. The first-order valence-electron chi connectivity index (χ1n) is 7.23. The second-order valence-electron chi connectivity index (χ2n) is 5.06. The monoisotopic (exact) mass is 246 g/mol. The van der Waals surface area contributed by atoms with Crippen LogP contribution in [0.5, 0.6) is 0 Å². The molecule has 0 aromatic carbocycles. The Morgan fingerprint density at radius 3 is 1.29 bits per heavy atom. The molecule has 0 heterocycles. The quantitative estimate of drug-likeness (QED) is 0.366. The largest absolute Gasteiger partial charge is 0.344 e. The van der Waals surface area contributed by atoms with Crippen molar-refractivity contribution in [3.63, 3.8) is 0 Å². The van der Waals surface area contributed by atoms with Gasteiger partial charge in [0.2, 0.25) is 0 Å². The number of aliphatic hydroxyl groups is 3. The molecule has 104 valence electrons. The van der Waals surface area contributed by atoms with Crippen LogP contribution in [0.25, 0.3) is 0 Å². The summed E-state index contributed by atoms with van der Waals surface area (Å²) in [6.07, 6.45) is 13.5. The summed E-state index contributed by atoms with van der Waals surface area (Å²) in [6.45, 7) is 2.24. The molecule has 0 bridgehead atoms. The number of rotatable bonds is 12. The van der Waals surface area contributed by atoms with Crippen molar-refractivity contribution in [3.8, 4) is 0 Å². The molecule has 0 amide bonds. The van der Waals surface area contributed by atoms with E-state index in [-0.39, 0.29) is 6.42 Å². The number of unbranched alkanes of at least 4 members (excludes halogenated alkanes) is 10. The molecule has 3 N–H and O–H groups in total. The Labute approximate surface area is 106 Å². The third-order valence-electron chi connectivity index (χ3n) is 3.12. The minimum Gasteiger partial charge on any atom is -0.344 e. The summed E-state index contributed by atoms with van der Waals surface area (Å²) < 4.78 is 0. The van der Waals surface area contributed by atoms with Crippen LogP contribution in [0.15, 0.2) is 0 Å². The zero-order valence-corrected chi connectivity index (χ0v) is 11.3. The van der Waals surface area contributed by atoms with Crippen molar-refractivity contribution in [2.45, 2.75) is 89.9 Å². The van der Waals surface area contributed by atoms with E-state index in [0.717, 1.165) is 12.8 Å². The zero-order valence-electron chi connectivity index (χ0n) is 11.3. The molecular weight excluding hydrogens is 216 g/mol. The fourth-order valence-electron chi connectivity index (χ4n) is 2.03. The molecule has 0 atom stereocenters. The molecule has 0 aliphatic rings. The van der Waals surface area contributed by atoms with Crippen molar-refractivity contribution in [2.24, 2.45) is 0 Å². The van der Waals surface area contributed by atoms with Gasteiger partial charge in [0.15, 0.2) is 0 Å². The van der Waals surface area contributed by atoms with Crippen LogP contribution in [-0.4, -0.2) is 21.3 Å². The molecule has 3 heteroatoms. The van der Waals surface area contributed by atoms with Crippen molar-refractivity contribution < 1.29 is 15.3 Å². The number of hydrogen-bond donors (Lipinski definition) is 3. The SMILES string of the molecule is CCCCCCCCCCCCCC(O)(O)O. The summed E-state index contributed by atoms with van der Waals surface area (Å²) in [6, 6.07) is 0. The lowest BCUT2D eigenvalue weighted by atomic mass is 10.1. The smallest absolute Gasteiger partial charge is 0.275 e. The fourth-order valence-corrected chi connectivity index (χ4v) is 2.03. The Bertz CT molecular complexity index is 152. The normalized spacial score (nSPS) is 12.0. The van der Waals surface area contributed by atoms with E-state index in [9.17, 15) is 0 Å². The van der Waals surface area contributed by atoms with E-state index in [4.69, 9.17) is 15.3 Å². The molecule has 0 rings (SSSR count). The van der Waals surface area contributed by atoms with E-state index in [2.05, 4.69) is 6.92 Å². The van der Waals surface area contributed by atoms with Crippen LogP contribution in [0.3, 0.4) is 0 Å². The Kier molecular flexibility index (Phi) is 10.9. The summed E-state index contributed by atoms with van der Waals surface area (Å²) in [5, 5.41) is 26.0. The highest BCUT2D eigenvalue weighted by molar-refractivity contribution is 4.51. The van der Waals surface area contributed by atoms with Crippen molar-refractivity contribution >= 4 is 0 Å². The third kappa shape index (κ3) is 15.9. The van der Waals surface area contributed by atoms with Crippen molar-refractivity contribution in [3.05, 3.63) is 0 Å². The van der Waals surface area contributed by atoms with Crippen molar-refractivity contribution in [1.29, 1.82) is 0 Å². The van der Waals surface area contributed by atoms with Crippen LogP contribution < -0.4 is 0 Å². The Morgan fingerprint density at radius 2 is 0.941 bits per heavy atom. The first-order valence-corrected chi connectivity index (χ1v) is 7.23. The van der Waals surface area contributed by atoms with Gasteiger partial charge in [-0.1, -0.05) is 71.1 Å². The van der Waals surface area contributed by atoms with Gasteiger partial charge >= 0.3 is 0 Å². The highest BCUT2D eigenvalue weighted by Crippen LogP contribution is 2.13. The lowest BCUT2D eigenvalue weighted by Gasteiger charge is -2.12. The summed E-state index contributed by atoms with van der Waals surface area (Å²) in [7, 11) is 0. The highest BCUT2D eigenvalue weighted by atomic mass is 16.7. The van der Waals surface area contributed by atoms with Gasteiger partial charge in [0.1, 0.15) is 0 Å². The van der Waals surface area contributed by atoms with E-state index in [1.165, 1.54) is 51.4 Å². The molecule has 0 spiro atoms. The molecule has 3 nitrogen and oxygen atoms in total.